The number of fused-ring (bicyclic) bond motifs is 1. The molecule has 1 aliphatic heterocycles. The van der Waals surface area contributed by atoms with Gasteiger partial charge in [0.15, 0.2) is 11.5 Å². The number of carbonyl (C=O) groups is 2. The number of amides is 1. The van der Waals surface area contributed by atoms with Crippen LogP contribution in [0, 0.1) is 0 Å². The lowest BCUT2D eigenvalue weighted by molar-refractivity contribution is 0.0690. The van der Waals surface area contributed by atoms with Crippen LogP contribution >= 0.6 is 0 Å². The molecule has 0 unspecified atom stereocenters. The van der Waals surface area contributed by atoms with E-state index in [0.717, 1.165) is 11.8 Å². The molecule has 2 heterocycles. The summed E-state index contributed by atoms with van der Waals surface area (Å²) in [5, 5.41) is 11.7. The molecule has 3 rings (SSSR count). The van der Waals surface area contributed by atoms with E-state index < -0.39 is 11.9 Å². The third-order valence-corrected chi connectivity index (χ3v) is 3.19. The van der Waals surface area contributed by atoms with Gasteiger partial charge in [0.05, 0.1) is 11.1 Å². The van der Waals surface area contributed by atoms with E-state index >= 15 is 0 Å². The highest BCUT2D eigenvalue weighted by atomic mass is 16.7. The number of aromatic carboxylic acids is 1. The number of carbonyl (C=O) groups excluding carboxylic acids is 1. The average molecular weight is 300 g/mol. The number of rotatable bonds is 4. The highest BCUT2D eigenvalue weighted by Crippen LogP contribution is 2.32. The lowest BCUT2D eigenvalue weighted by Gasteiger charge is -2.08. The monoisotopic (exact) mass is 300 g/mol. The van der Waals surface area contributed by atoms with Crippen LogP contribution < -0.4 is 14.8 Å². The largest absolute Gasteiger partial charge is 0.478 e. The fourth-order valence-electron chi connectivity index (χ4n) is 2.09. The van der Waals surface area contributed by atoms with Crippen molar-refractivity contribution in [3.8, 4) is 11.5 Å². The molecule has 7 nitrogen and oxygen atoms in total. The minimum Gasteiger partial charge on any atom is -0.478 e. The molecule has 0 fully saturated rings. The van der Waals surface area contributed by atoms with Crippen molar-refractivity contribution >= 4 is 11.9 Å². The van der Waals surface area contributed by atoms with E-state index in [2.05, 4.69) is 10.3 Å². The molecule has 0 bridgehead atoms. The van der Waals surface area contributed by atoms with Gasteiger partial charge in [-0.1, -0.05) is 6.07 Å². The van der Waals surface area contributed by atoms with Gasteiger partial charge in [-0.2, -0.15) is 0 Å². The molecule has 0 spiro atoms. The van der Waals surface area contributed by atoms with Crippen molar-refractivity contribution in [2.75, 3.05) is 6.79 Å². The Hall–Kier alpha value is -3.09. The van der Waals surface area contributed by atoms with Gasteiger partial charge in [0, 0.05) is 18.9 Å². The molecule has 22 heavy (non-hydrogen) atoms. The predicted molar refractivity (Wildman–Crippen MR) is 74.9 cm³/mol. The number of aromatic nitrogens is 1. The van der Waals surface area contributed by atoms with Gasteiger partial charge < -0.3 is 19.9 Å². The normalized spacial score (nSPS) is 12.0. The van der Waals surface area contributed by atoms with Crippen molar-refractivity contribution in [3.63, 3.8) is 0 Å². The summed E-state index contributed by atoms with van der Waals surface area (Å²) in [4.78, 5) is 26.9. The average Bonchev–Trinajstić information content (AvgIpc) is 3.00. The Bertz CT molecular complexity index is 744. The van der Waals surface area contributed by atoms with E-state index in [0.29, 0.717) is 11.5 Å². The summed E-state index contributed by atoms with van der Waals surface area (Å²) in [5.41, 5.74) is 0.762. The van der Waals surface area contributed by atoms with Gasteiger partial charge >= 0.3 is 5.97 Å². The number of carboxylic acid groups (broad SMARTS) is 1. The van der Waals surface area contributed by atoms with Crippen LogP contribution in [0.5, 0.6) is 11.5 Å². The zero-order valence-electron chi connectivity index (χ0n) is 11.4. The van der Waals surface area contributed by atoms with Crippen LogP contribution in [0.25, 0.3) is 0 Å². The molecule has 1 aromatic carbocycles. The van der Waals surface area contributed by atoms with E-state index in [1.807, 2.05) is 0 Å². The van der Waals surface area contributed by atoms with Crippen molar-refractivity contribution in [2.45, 2.75) is 6.54 Å². The molecule has 2 N–H and O–H groups in total. The van der Waals surface area contributed by atoms with Crippen LogP contribution in [0.1, 0.15) is 26.3 Å². The molecule has 1 aromatic heterocycles. The van der Waals surface area contributed by atoms with Crippen LogP contribution in [-0.4, -0.2) is 28.8 Å². The quantitative estimate of drug-likeness (QED) is 0.886. The van der Waals surface area contributed by atoms with E-state index in [9.17, 15) is 9.59 Å². The Kier molecular flexibility index (Phi) is 3.61. The Morgan fingerprint density at radius 2 is 2.00 bits per heavy atom. The summed E-state index contributed by atoms with van der Waals surface area (Å²) in [6.45, 7) is 0.432. The van der Waals surface area contributed by atoms with E-state index in [4.69, 9.17) is 14.6 Å². The predicted octanol–water partition coefficient (Wildman–Crippen LogP) is 1.44. The lowest BCUT2D eigenvalue weighted by Crippen LogP contribution is -2.25. The minimum absolute atomic E-state index is 0.0724. The third kappa shape index (κ3) is 2.69. The smallest absolute Gasteiger partial charge is 0.338 e. The second-order valence-electron chi connectivity index (χ2n) is 4.60. The standard InChI is InChI=1S/C15H12N2O5/c18-14(10-3-4-16-7-11(10)15(19)20)17-6-9-1-2-12-13(5-9)22-8-21-12/h1-5,7H,6,8H2,(H,17,18)(H,19,20). The molecule has 2 aromatic rings. The summed E-state index contributed by atoms with van der Waals surface area (Å²) >= 11 is 0. The van der Waals surface area contributed by atoms with E-state index in [1.54, 1.807) is 18.2 Å². The fraction of sp³-hybridized carbons (Fsp3) is 0.133. The van der Waals surface area contributed by atoms with Gasteiger partial charge in [-0.05, 0) is 23.8 Å². The first-order valence-corrected chi connectivity index (χ1v) is 6.49. The number of benzene rings is 1. The number of hydrogen-bond acceptors (Lipinski definition) is 5. The van der Waals surface area contributed by atoms with Crippen LogP contribution in [0.3, 0.4) is 0 Å². The first-order valence-electron chi connectivity index (χ1n) is 6.49. The molecule has 1 amide bonds. The van der Waals surface area contributed by atoms with Gasteiger partial charge in [-0.3, -0.25) is 9.78 Å². The zero-order valence-corrected chi connectivity index (χ0v) is 11.4. The number of carboxylic acids is 1. The van der Waals surface area contributed by atoms with Crippen LogP contribution in [0.15, 0.2) is 36.7 Å². The number of hydrogen-bond donors (Lipinski definition) is 2. The summed E-state index contributed by atoms with van der Waals surface area (Å²) in [6.07, 6.45) is 2.53. The maximum atomic E-state index is 12.1. The Morgan fingerprint density at radius 1 is 1.18 bits per heavy atom. The maximum Gasteiger partial charge on any atom is 0.338 e. The van der Waals surface area contributed by atoms with Crippen LogP contribution in [0.2, 0.25) is 0 Å². The Labute approximate surface area is 125 Å². The second-order valence-corrected chi connectivity index (χ2v) is 4.60. The summed E-state index contributed by atoms with van der Waals surface area (Å²) in [5.74, 6) is -0.377. The van der Waals surface area contributed by atoms with Gasteiger partial charge in [-0.15, -0.1) is 0 Å². The van der Waals surface area contributed by atoms with Crippen LogP contribution in [0.4, 0.5) is 0 Å². The van der Waals surface area contributed by atoms with Crippen molar-refractivity contribution in [2.24, 2.45) is 0 Å². The Balaban J connectivity index is 1.72. The van der Waals surface area contributed by atoms with Crippen LogP contribution in [-0.2, 0) is 6.54 Å². The highest BCUT2D eigenvalue weighted by molar-refractivity contribution is 6.04. The van der Waals surface area contributed by atoms with Crippen molar-refractivity contribution in [1.29, 1.82) is 0 Å². The Morgan fingerprint density at radius 3 is 2.82 bits per heavy atom. The van der Waals surface area contributed by atoms with Gasteiger partial charge in [0.25, 0.3) is 5.91 Å². The molecule has 0 aliphatic carbocycles. The number of nitrogens with zero attached hydrogens (tertiary/aromatic N) is 1. The number of nitrogens with one attached hydrogen (secondary N) is 1. The first kappa shape index (κ1) is 13.9. The molecule has 0 radical (unpaired) electrons. The SMILES string of the molecule is O=C(O)c1cnccc1C(=O)NCc1ccc2c(c1)OCO2. The second kappa shape index (κ2) is 5.72. The summed E-state index contributed by atoms with van der Waals surface area (Å²) < 4.78 is 10.5. The van der Waals surface area contributed by atoms with Crippen molar-refractivity contribution in [1.82, 2.24) is 10.3 Å². The van der Waals surface area contributed by atoms with Gasteiger partial charge in [0.1, 0.15) is 0 Å². The van der Waals surface area contributed by atoms with Gasteiger partial charge in [0.2, 0.25) is 6.79 Å². The van der Waals surface area contributed by atoms with E-state index in [-0.39, 0.29) is 24.5 Å². The molecule has 0 saturated heterocycles. The molecule has 0 atom stereocenters. The topological polar surface area (TPSA) is 97.8 Å². The first-order chi connectivity index (χ1) is 10.6. The molecule has 0 saturated carbocycles. The lowest BCUT2D eigenvalue weighted by atomic mass is 10.1. The molecular weight excluding hydrogens is 288 g/mol. The molecule has 1 aliphatic rings. The summed E-state index contributed by atoms with van der Waals surface area (Å²) in [7, 11) is 0. The maximum absolute atomic E-state index is 12.1. The van der Waals surface area contributed by atoms with Crippen molar-refractivity contribution in [3.05, 3.63) is 53.3 Å². The highest BCUT2D eigenvalue weighted by Gasteiger charge is 2.17. The van der Waals surface area contributed by atoms with E-state index in [1.165, 1.54) is 12.3 Å². The third-order valence-electron chi connectivity index (χ3n) is 3.19. The molecular formula is C15H12N2O5. The zero-order chi connectivity index (χ0) is 15.5. The minimum atomic E-state index is -1.19. The fourth-order valence-corrected chi connectivity index (χ4v) is 2.09. The number of ether oxygens (including phenoxy) is 2. The molecule has 7 heteroatoms. The summed E-state index contributed by atoms with van der Waals surface area (Å²) in [6, 6.07) is 6.71. The number of pyridine rings is 1. The van der Waals surface area contributed by atoms with Gasteiger partial charge in [-0.25, -0.2) is 4.79 Å². The molecule has 112 valence electrons. The van der Waals surface area contributed by atoms with Crippen molar-refractivity contribution < 1.29 is 24.2 Å².